The fraction of sp³-hybridized carbons (Fsp3) is 0.917. The van der Waals surface area contributed by atoms with E-state index in [9.17, 15) is 9.90 Å². The highest BCUT2D eigenvalue weighted by Gasteiger charge is 2.53. The number of hydrogen-bond donors (Lipinski definition) is 1. The quantitative estimate of drug-likeness (QED) is 0.750. The molecule has 1 saturated heterocycles. The van der Waals surface area contributed by atoms with Gasteiger partial charge >= 0.3 is 6.09 Å². The van der Waals surface area contributed by atoms with E-state index >= 15 is 0 Å². The van der Waals surface area contributed by atoms with Crippen LogP contribution >= 0.6 is 0 Å². The molecule has 0 radical (unpaired) electrons. The number of aliphatic hydroxyl groups is 1. The highest BCUT2D eigenvalue weighted by atomic mass is 16.6. The molecule has 2 aliphatic rings. The number of carbonyl (C=O) groups is 1. The van der Waals surface area contributed by atoms with Crippen LogP contribution in [0.1, 0.15) is 33.6 Å². The minimum atomic E-state index is -0.753. The van der Waals surface area contributed by atoms with E-state index in [0.717, 1.165) is 12.8 Å². The Bertz CT molecular complexity index is 306. The van der Waals surface area contributed by atoms with Crippen molar-refractivity contribution in [3.63, 3.8) is 0 Å². The van der Waals surface area contributed by atoms with Crippen molar-refractivity contribution in [1.29, 1.82) is 0 Å². The smallest absolute Gasteiger partial charge is 0.410 e. The van der Waals surface area contributed by atoms with Crippen LogP contribution < -0.4 is 0 Å². The largest absolute Gasteiger partial charge is 0.444 e. The summed E-state index contributed by atoms with van der Waals surface area (Å²) in [5, 5.41) is 10.1. The normalized spacial score (nSPS) is 27.8. The van der Waals surface area contributed by atoms with Crippen LogP contribution in [0.5, 0.6) is 0 Å². The van der Waals surface area contributed by atoms with Crippen molar-refractivity contribution < 1.29 is 19.4 Å². The Morgan fingerprint density at radius 1 is 1.47 bits per heavy atom. The molecule has 5 heteroatoms. The Hall–Kier alpha value is -0.810. The summed E-state index contributed by atoms with van der Waals surface area (Å²) in [4.78, 5) is 13.6. The second-order valence-electron chi connectivity index (χ2n) is 5.87. The summed E-state index contributed by atoms with van der Waals surface area (Å²) < 4.78 is 10.7. The van der Waals surface area contributed by atoms with Gasteiger partial charge in [0.25, 0.3) is 0 Å². The van der Waals surface area contributed by atoms with E-state index in [-0.39, 0.29) is 12.1 Å². The van der Waals surface area contributed by atoms with Gasteiger partial charge in [-0.05, 0) is 33.6 Å². The minimum absolute atomic E-state index is 0.258. The maximum absolute atomic E-state index is 12.0. The molecular formula is C12H21NO4. The molecule has 0 aromatic heterocycles. The minimum Gasteiger partial charge on any atom is -0.444 e. The molecule has 1 saturated carbocycles. The summed E-state index contributed by atoms with van der Waals surface area (Å²) in [6.45, 7) is 6.91. The van der Waals surface area contributed by atoms with Crippen LogP contribution in [0.15, 0.2) is 0 Å². The number of morpholine rings is 1. The van der Waals surface area contributed by atoms with Crippen LogP contribution in [0, 0.1) is 0 Å². The molecule has 1 aliphatic carbocycles. The van der Waals surface area contributed by atoms with Crippen LogP contribution in [0.4, 0.5) is 4.79 Å². The average molecular weight is 243 g/mol. The monoisotopic (exact) mass is 243 g/mol. The molecule has 0 aromatic carbocycles. The van der Waals surface area contributed by atoms with Crippen molar-refractivity contribution in [1.82, 2.24) is 4.90 Å². The Morgan fingerprint density at radius 3 is 2.65 bits per heavy atom. The average Bonchev–Trinajstić information content (AvgIpc) is 2.95. The van der Waals surface area contributed by atoms with E-state index in [1.165, 1.54) is 0 Å². The van der Waals surface area contributed by atoms with E-state index in [0.29, 0.717) is 19.8 Å². The number of hydrogen-bond acceptors (Lipinski definition) is 4. The van der Waals surface area contributed by atoms with Gasteiger partial charge in [-0.3, -0.25) is 4.90 Å². The standard InChI is InChI=1S/C12H21NO4/c1-11(2,3)17-10(14)13-6-7-16-8-9(13)12(15)4-5-12/h9,15H,4-8H2,1-3H3. The fourth-order valence-corrected chi connectivity index (χ4v) is 2.05. The summed E-state index contributed by atoms with van der Waals surface area (Å²) in [6.07, 6.45) is 1.12. The van der Waals surface area contributed by atoms with E-state index < -0.39 is 11.2 Å². The fourth-order valence-electron chi connectivity index (χ4n) is 2.05. The summed E-state index contributed by atoms with van der Waals surface area (Å²) in [5.74, 6) is 0. The molecule has 17 heavy (non-hydrogen) atoms. The van der Waals surface area contributed by atoms with Crippen molar-refractivity contribution >= 4 is 6.09 Å². The lowest BCUT2D eigenvalue weighted by Crippen LogP contribution is -2.56. The second-order valence-corrected chi connectivity index (χ2v) is 5.87. The number of nitrogens with zero attached hydrogens (tertiary/aromatic N) is 1. The maximum atomic E-state index is 12.0. The van der Waals surface area contributed by atoms with E-state index in [4.69, 9.17) is 9.47 Å². The molecule has 1 unspecified atom stereocenters. The number of carbonyl (C=O) groups excluding carboxylic acids is 1. The first-order chi connectivity index (χ1) is 7.82. The topological polar surface area (TPSA) is 59.0 Å². The van der Waals surface area contributed by atoms with Crippen LogP contribution in [-0.2, 0) is 9.47 Å². The van der Waals surface area contributed by atoms with Gasteiger partial charge < -0.3 is 14.6 Å². The SMILES string of the molecule is CC(C)(C)OC(=O)N1CCOCC1C1(O)CC1. The zero-order valence-corrected chi connectivity index (χ0v) is 10.7. The third-order valence-corrected chi connectivity index (χ3v) is 3.14. The zero-order chi connectivity index (χ0) is 12.7. The maximum Gasteiger partial charge on any atom is 0.410 e. The Kier molecular flexibility index (Phi) is 3.08. The van der Waals surface area contributed by atoms with Gasteiger partial charge in [-0.2, -0.15) is 0 Å². The lowest BCUT2D eigenvalue weighted by molar-refractivity contribution is -0.0744. The first-order valence-electron chi connectivity index (χ1n) is 6.12. The molecule has 5 nitrogen and oxygen atoms in total. The Morgan fingerprint density at radius 2 is 2.12 bits per heavy atom. The first kappa shape index (κ1) is 12.6. The number of ether oxygens (including phenoxy) is 2. The van der Waals surface area contributed by atoms with Crippen LogP contribution in [-0.4, -0.2) is 53.1 Å². The molecule has 98 valence electrons. The molecule has 0 bridgehead atoms. The molecule has 0 aromatic rings. The van der Waals surface area contributed by atoms with Crippen molar-refractivity contribution in [2.24, 2.45) is 0 Å². The zero-order valence-electron chi connectivity index (χ0n) is 10.7. The molecule has 1 aliphatic heterocycles. The Balaban J connectivity index is 2.03. The highest BCUT2D eigenvalue weighted by molar-refractivity contribution is 5.69. The Labute approximate surface area is 102 Å². The molecule has 1 N–H and O–H groups in total. The second kappa shape index (κ2) is 4.14. The van der Waals surface area contributed by atoms with Crippen molar-refractivity contribution in [2.45, 2.75) is 50.9 Å². The summed E-state index contributed by atoms with van der Waals surface area (Å²) in [6, 6.07) is -0.258. The van der Waals surface area contributed by atoms with Gasteiger partial charge in [0.05, 0.1) is 24.9 Å². The van der Waals surface area contributed by atoms with Gasteiger partial charge in [0.2, 0.25) is 0 Å². The van der Waals surface area contributed by atoms with Gasteiger partial charge in [-0.1, -0.05) is 0 Å². The van der Waals surface area contributed by atoms with Gasteiger partial charge in [-0.25, -0.2) is 4.79 Å². The lowest BCUT2D eigenvalue weighted by atomic mass is 10.1. The van der Waals surface area contributed by atoms with Crippen molar-refractivity contribution in [3.05, 3.63) is 0 Å². The number of rotatable bonds is 1. The van der Waals surface area contributed by atoms with Crippen LogP contribution in [0.3, 0.4) is 0 Å². The van der Waals surface area contributed by atoms with Crippen LogP contribution in [0.2, 0.25) is 0 Å². The van der Waals surface area contributed by atoms with E-state index in [2.05, 4.69) is 0 Å². The van der Waals surface area contributed by atoms with Crippen molar-refractivity contribution in [2.75, 3.05) is 19.8 Å². The predicted molar refractivity (Wildman–Crippen MR) is 61.7 cm³/mol. The van der Waals surface area contributed by atoms with Crippen LogP contribution in [0.25, 0.3) is 0 Å². The summed E-state index contributed by atoms with van der Waals surface area (Å²) >= 11 is 0. The van der Waals surface area contributed by atoms with Gasteiger partial charge in [0.15, 0.2) is 0 Å². The lowest BCUT2D eigenvalue weighted by Gasteiger charge is -2.39. The van der Waals surface area contributed by atoms with Gasteiger partial charge in [0, 0.05) is 6.54 Å². The van der Waals surface area contributed by atoms with E-state index in [1.54, 1.807) is 4.90 Å². The van der Waals surface area contributed by atoms with Crippen molar-refractivity contribution in [3.8, 4) is 0 Å². The molecule has 1 atom stereocenters. The van der Waals surface area contributed by atoms with E-state index in [1.807, 2.05) is 20.8 Å². The molecular weight excluding hydrogens is 222 g/mol. The summed E-state index contributed by atoms with van der Waals surface area (Å²) in [7, 11) is 0. The molecule has 2 fully saturated rings. The third kappa shape index (κ3) is 2.90. The third-order valence-electron chi connectivity index (χ3n) is 3.14. The van der Waals surface area contributed by atoms with Gasteiger partial charge in [-0.15, -0.1) is 0 Å². The summed E-state index contributed by atoms with van der Waals surface area (Å²) in [5.41, 5.74) is -1.26. The van der Waals surface area contributed by atoms with Gasteiger partial charge in [0.1, 0.15) is 5.60 Å². The number of amides is 1. The molecule has 1 amide bonds. The predicted octanol–water partition coefficient (Wildman–Crippen LogP) is 1.15. The molecule has 1 heterocycles. The highest BCUT2D eigenvalue weighted by Crippen LogP contribution is 2.41. The first-order valence-corrected chi connectivity index (χ1v) is 6.12. The molecule has 2 rings (SSSR count). The molecule has 0 spiro atoms.